The summed E-state index contributed by atoms with van der Waals surface area (Å²) in [5, 5.41) is 0. The van der Waals surface area contributed by atoms with Crippen LogP contribution < -0.4 is 0 Å². The zero-order valence-electron chi connectivity index (χ0n) is 9.64. The summed E-state index contributed by atoms with van der Waals surface area (Å²) in [6.07, 6.45) is 6.41. The first-order chi connectivity index (χ1) is 8.40. The average Bonchev–Trinajstić information content (AvgIpc) is 2.82. The van der Waals surface area contributed by atoms with Crippen molar-refractivity contribution in [3.05, 3.63) is 83.4 Å². The maximum atomic E-state index is 3.89. The van der Waals surface area contributed by atoms with E-state index in [0.717, 1.165) is 0 Å². The highest BCUT2D eigenvalue weighted by atomic mass is 14.2. The quantitative estimate of drug-likeness (QED) is 0.696. The lowest BCUT2D eigenvalue weighted by Crippen LogP contribution is -1.98. The van der Waals surface area contributed by atoms with Gasteiger partial charge in [0.05, 0.1) is 0 Å². The first-order valence-electron chi connectivity index (χ1n) is 5.88. The first kappa shape index (κ1) is 10.1. The molecule has 0 aliphatic heterocycles. The fourth-order valence-corrected chi connectivity index (χ4v) is 2.50. The van der Waals surface area contributed by atoms with E-state index in [1.54, 1.807) is 0 Å². The largest absolute Gasteiger partial charge is 0.0985 e. The second-order valence-electron chi connectivity index (χ2n) is 4.30. The molecule has 0 nitrogen and oxygen atoms in total. The molecule has 0 spiro atoms. The normalized spacial score (nSPS) is 16.8. The highest BCUT2D eigenvalue weighted by Gasteiger charge is 2.19. The molecule has 1 atom stereocenters. The molecule has 1 aliphatic carbocycles. The molecule has 0 saturated heterocycles. The van der Waals surface area contributed by atoms with Crippen LogP contribution >= 0.6 is 0 Å². The Morgan fingerprint density at radius 3 is 2.41 bits per heavy atom. The SMILES string of the molecule is C=Cc1ccccc1C1C=Cc2ccccc21. The van der Waals surface area contributed by atoms with Crippen LogP contribution in [0.1, 0.15) is 28.2 Å². The summed E-state index contributed by atoms with van der Waals surface area (Å²) < 4.78 is 0. The molecule has 0 heteroatoms. The Labute approximate surface area is 102 Å². The van der Waals surface area contributed by atoms with Crippen LogP contribution in [-0.4, -0.2) is 0 Å². The molecule has 1 unspecified atom stereocenters. The summed E-state index contributed by atoms with van der Waals surface area (Å²) in [4.78, 5) is 0. The molecular weight excluding hydrogens is 204 g/mol. The van der Waals surface area contributed by atoms with Crippen molar-refractivity contribution in [2.24, 2.45) is 0 Å². The van der Waals surface area contributed by atoms with Gasteiger partial charge in [0, 0.05) is 5.92 Å². The highest BCUT2D eigenvalue weighted by molar-refractivity contribution is 5.67. The Balaban J connectivity index is 2.13. The average molecular weight is 218 g/mol. The van der Waals surface area contributed by atoms with Crippen molar-refractivity contribution in [3.8, 4) is 0 Å². The van der Waals surface area contributed by atoms with Crippen molar-refractivity contribution in [1.82, 2.24) is 0 Å². The summed E-state index contributed by atoms with van der Waals surface area (Å²) in [6.45, 7) is 3.89. The van der Waals surface area contributed by atoms with Gasteiger partial charge in [-0.1, -0.05) is 73.3 Å². The molecule has 2 aromatic carbocycles. The van der Waals surface area contributed by atoms with Crippen molar-refractivity contribution in [3.63, 3.8) is 0 Å². The zero-order chi connectivity index (χ0) is 11.7. The standard InChI is InChI=1S/C17H14/c1-2-13-7-3-5-9-15(13)17-12-11-14-8-4-6-10-16(14)17/h2-12,17H,1H2. The van der Waals surface area contributed by atoms with Gasteiger partial charge >= 0.3 is 0 Å². The fraction of sp³-hybridized carbons (Fsp3) is 0.0588. The lowest BCUT2D eigenvalue weighted by atomic mass is 9.90. The van der Waals surface area contributed by atoms with E-state index < -0.39 is 0 Å². The second kappa shape index (κ2) is 4.06. The third kappa shape index (κ3) is 1.62. The second-order valence-corrected chi connectivity index (χ2v) is 4.30. The first-order valence-corrected chi connectivity index (χ1v) is 5.88. The Morgan fingerprint density at radius 2 is 1.59 bits per heavy atom. The number of rotatable bonds is 2. The van der Waals surface area contributed by atoms with Crippen molar-refractivity contribution in [2.75, 3.05) is 0 Å². The topological polar surface area (TPSA) is 0 Å². The Hall–Kier alpha value is -2.08. The number of benzene rings is 2. The van der Waals surface area contributed by atoms with Crippen LogP contribution in [0.5, 0.6) is 0 Å². The lowest BCUT2D eigenvalue weighted by molar-refractivity contribution is 1.04. The third-order valence-corrected chi connectivity index (χ3v) is 3.35. The maximum absolute atomic E-state index is 3.89. The van der Waals surface area contributed by atoms with Crippen molar-refractivity contribution < 1.29 is 0 Å². The molecule has 0 fully saturated rings. The molecule has 0 amide bonds. The highest BCUT2D eigenvalue weighted by Crippen LogP contribution is 2.36. The molecule has 82 valence electrons. The fourth-order valence-electron chi connectivity index (χ4n) is 2.50. The lowest BCUT2D eigenvalue weighted by Gasteiger charge is -2.14. The number of hydrogen-bond acceptors (Lipinski definition) is 0. The minimum atomic E-state index is 0.375. The van der Waals surface area contributed by atoms with Gasteiger partial charge in [0.1, 0.15) is 0 Å². The van der Waals surface area contributed by atoms with Crippen molar-refractivity contribution in [2.45, 2.75) is 5.92 Å². The maximum Gasteiger partial charge on any atom is 0.0284 e. The monoisotopic (exact) mass is 218 g/mol. The Morgan fingerprint density at radius 1 is 0.882 bits per heavy atom. The van der Waals surface area contributed by atoms with Gasteiger partial charge in [-0.2, -0.15) is 0 Å². The van der Waals surface area contributed by atoms with E-state index in [0.29, 0.717) is 5.92 Å². The van der Waals surface area contributed by atoms with E-state index in [2.05, 4.69) is 67.3 Å². The predicted octanol–water partition coefficient (Wildman–Crippen LogP) is 4.49. The van der Waals surface area contributed by atoms with Crippen molar-refractivity contribution in [1.29, 1.82) is 0 Å². The van der Waals surface area contributed by atoms with Crippen LogP contribution in [-0.2, 0) is 0 Å². The van der Waals surface area contributed by atoms with Crippen LogP contribution in [0, 0.1) is 0 Å². The number of hydrogen-bond donors (Lipinski definition) is 0. The van der Waals surface area contributed by atoms with Gasteiger partial charge in [-0.15, -0.1) is 0 Å². The van der Waals surface area contributed by atoms with Crippen LogP contribution in [0.3, 0.4) is 0 Å². The molecule has 17 heavy (non-hydrogen) atoms. The zero-order valence-corrected chi connectivity index (χ0v) is 9.64. The molecular formula is C17H14. The third-order valence-electron chi connectivity index (χ3n) is 3.35. The summed E-state index contributed by atoms with van der Waals surface area (Å²) in [7, 11) is 0. The van der Waals surface area contributed by atoms with Crippen molar-refractivity contribution >= 4 is 12.2 Å². The Bertz CT molecular complexity index is 590. The van der Waals surface area contributed by atoms with E-state index in [1.807, 2.05) is 6.08 Å². The minimum absolute atomic E-state index is 0.375. The molecule has 0 saturated carbocycles. The van der Waals surface area contributed by atoms with Gasteiger partial charge in [0.25, 0.3) is 0 Å². The summed E-state index contributed by atoms with van der Waals surface area (Å²) >= 11 is 0. The molecule has 0 N–H and O–H groups in total. The van der Waals surface area contributed by atoms with E-state index in [1.165, 1.54) is 22.3 Å². The van der Waals surface area contributed by atoms with Gasteiger partial charge in [-0.05, 0) is 22.3 Å². The minimum Gasteiger partial charge on any atom is -0.0985 e. The predicted molar refractivity (Wildman–Crippen MR) is 73.9 cm³/mol. The summed E-state index contributed by atoms with van der Waals surface area (Å²) in [6, 6.07) is 17.0. The van der Waals surface area contributed by atoms with Gasteiger partial charge in [0.15, 0.2) is 0 Å². The van der Waals surface area contributed by atoms with E-state index >= 15 is 0 Å². The molecule has 0 aromatic heterocycles. The van der Waals surface area contributed by atoms with Crippen LogP contribution in [0.15, 0.2) is 61.2 Å². The smallest absolute Gasteiger partial charge is 0.0284 e. The molecule has 1 aliphatic rings. The van der Waals surface area contributed by atoms with E-state index in [9.17, 15) is 0 Å². The molecule has 0 radical (unpaired) electrons. The van der Waals surface area contributed by atoms with Gasteiger partial charge < -0.3 is 0 Å². The Kier molecular flexibility index (Phi) is 2.41. The summed E-state index contributed by atoms with van der Waals surface area (Å²) in [5.41, 5.74) is 5.28. The van der Waals surface area contributed by atoms with E-state index in [4.69, 9.17) is 0 Å². The molecule has 0 bridgehead atoms. The van der Waals surface area contributed by atoms with Crippen LogP contribution in [0.25, 0.3) is 12.2 Å². The molecule has 3 rings (SSSR count). The summed E-state index contributed by atoms with van der Waals surface area (Å²) in [5.74, 6) is 0.375. The number of allylic oxidation sites excluding steroid dienone is 1. The number of fused-ring (bicyclic) bond motifs is 1. The van der Waals surface area contributed by atoms with Crippen LogP contribution in [0.2, 0.25) is 0 Å². The van der Waals surface area contributed by atoms with Crippen LogP contribution in [0.4, 0.5) is 0 Å². The van der Waals surface area contributed by atoms with Gasteiger partial charge in [0.2, 0.25) is 0 Å². The van der Waals surface area contributed by atoms with Gasteiger partial charge in [-0.3, -0.25) is 0 Å². The van der Waals surface area contributed by atoms with E-state index in [-0.39, 0.29) is 0 Å². The molecule has 0 heterocycles. The van der Waals surface area contributed by atoms with Gasteiger partial charge in [-0.25, -0.2) is 0 Å². The molecule has 2 aromatic rings.